The highest BCUT2D eigenvalue weighted by molar-refractivity contribution is 5.96. The molecule has 3 rings (SSSR count). The number of ether oxygens (including phenoxy) is 2. The fourth-order valence-corrected chi connectivity index (χ4v) is 4.04. The van der Waals surface area contributed by atoms with Crippen LogP contribution >= 0.6 is 0 Å². The van der Waals surface area contributed by atoms with Gasteiger partial charge in [-0.15, -0.1) is 0 Å². The molecule has 1 aliphatic heterocycles. The molecule has 2 aromatic carbocycles. The van der Waals surface area contributed by atoms with Crippen LogP contribution in [0.1, 0.15) is 59.7 Å². The van der Waals surface area contributed by atoms with Crippen LogP contribution in [0.3, 0.4) is 0 Å². The van der Waals surface area contributed by atoms with Gasteiger partial charge in [-0.2, -0.15) is 0 Å². The SMILES string of the molecule is COc1cc(C)c(C(=O)NCC2(c3ccccc3)CCOCC2)cc1C(C)C. The summed E-state index contributed by atoms with van der Waals surface area (Å²) in [6, 6.07) is 14.4. The summed E-state index contributed by atoms with van der Waals surface area (Å²) in [4.78, 5) is 13.1. The lowest BCUT2D eigenvalue weighted by Crippen LogP contribution is -2.44. The first-order valence-electron chi connectivity index (χ1n) is 10.1. The molecule has 0 atom stereocenters. The van der Waals surface area contributed by atoms with Crippen molar-refractivity contribution in [2.75, 3.05) is 26.9 Å². The topological polar surface area (TPSA) is 47.6 Å². The molecule has 0 spiro atoms. The third-order valence-electron chi connectivity index (χ3n) is 5.87. The van der Waals surface area contributed by atoms with E-state index in [2.05, 4.69) is 43.4 Å². The van der Waals surface area contributed by atoms with Crippen molar-refractivity contribution in [2.24, 2.45) is 0 Å². The fraction of sp³-hybridized carbons (Fsp3) is 0.458. The lowest BCUT2D eigenvalue weighted by atomic mass is 9.74. The van der Waals surface area contributed by atoms with Gasteiger partial charge in [0.2, 0.25) is 0 Å². The Kier molecular flexibility index (Phi) is 6.40. The van der Waals surface area contributed by atoms with Crippen molar-refractivity contribution in [3.8, 4) is 5.75 Å². The predicted octanol–water partition coefficient (Wildman–Crippen LogP) is 4.61. The number of amides is 1. The summed E-state index contributed by atoms with van der Waals surface area (Å²) in [5.41, 5.74) is 3.91. The molecule has 150 valence electrons. The summed E-state index contributed by atoms with van der Waals surface area (Å²) in [5.74, 6) is 1.10. The maximum atomic E-state index is 13.1. The van der Waals surface area contributed by atoms with Crippen molar-refractivity contribution in [1.82, 2.24) is 5.32 Å². The van der Waals surface area contributed by atoms with Crippen LogP contribution in [0.5, 0.6) is 5.75 Å². The summed E-state index contributed by atoms with van der Waals surface area (Å²) in [7, 11) is 1.68. The number of hydrogen-bond donors (Lipinski definition) is 1. The van der Waals surface area contributed by atoms with Crippen LogP contribution in [0.15, 0.2) is 42.5 Å². The fourth-order valence-electron chi connectivity index (χ4n) is 4.04. The Labute approximate surface area is 168 Å². The zero-order chi connectivity index (χ0) is 20.1. The molecule has 4 nitrogen and oxygen atoms in total. The first-order valence-corrected chi connectivity index (χ1v) is 10.1. The minimum absolute atomic E-state index is 0.0242. The molecule has 0 unspecified atom stereocenters. The zero-order valence-electron chi connectivity index (χ0n) is 17.4. The van der Waals surface area contributed by atoms with Crippen molar-refractivity contribution < 1.29 is 14.3 Å². The number of benzene rings is 2. The summed E-state index contributed by atoms with van der Waals surface area (Å²) in [6.07, 6.45) is 1.83. The van der Waals surface area contributed by atoms with Gasteiger partial charge in [-0.05, 0) is 54.5 Å². The Morgan fingerprint density at radius 1 is 1.18 bits per heavy atom. The number of nitrogens with one attached hydrogen (secondary N) is 1. The number of carbonyl (C=O) groups excluding carboxylic acids is 1. The molecular formula is C24H31NO3. The maximum absolute atomic E-state index is 13.1. The number of methoxy groups -OCH3 is 1. The van der Waals surface area contributed by atoms with E-state index in [1.165, 1.54) is 5.56 Å². The van der Waals surface area contributed by atoms with Crippen LogP contribution in [0.25, 0.3) is 0 Å². The van der Waals surface area contributed by atoms with Crippen molar-refractivity contribution >= 4 is 5.91 Å². The number of aryl methyl sites for hydroxylation is 1. The third kappa shape index (κ3) is 4.22. The molecule has 1 N–H and O–H groups in total. The summed E-state index contributed by atoms with van der Waals surface area (Å²) in [6.45, 7) is 8.25. The second-order valence-electron chi connectivity index (χ2n) is 8.01. The van der Waals surface area contributed by atoms with E-state index >= 15 is 0 Å². The molecule has 2 aromatic rings. The highest BCUT2D eigenvalue weighted by Crippen LogP contribution is 2.34. The smallest absolute Gasteiger partial charge is 0.251 e. The Morgan fingerprint density at radius 2 is 1.86 bits per heavy atom. The molecule has 1 heterocycles. The molecule has 4 heteroatoms. The first-order chi connectivity index (χ1) is 13.5. The van der Waals surface area contributed by atoms with Gasteiger partial charge < -0.3 is 14.8 Å². The average Bonchev–Trinajstić information content (AvgIpc) is 2.72. The molecule has 0 bridgehead atoms. The van der Waals surface area contributed by atoms with Gasteiger partial charge in [0.05, 0.1) is 7.11 Å². The highest BCUT2D eigenvalue weighted by Gasteiger charge is 2.35. The van der Waals surface area contributed by atoms with E-state index in [0.29, 0.717) is 6.54 Å². The molecule has 1 fully saturated rings. The van der Waals surface area contributed by atoms with Crippen molar-refractivity contribution in [3.05, 3.63) is 64.7 Å². The van der Waals surface area contributed by atoms with Crippen LogP contribution in [0.2, 0.25) is 0 Å². The Morgan fingerprint density at radius 3 is 2.46 bits per heavy atom. The van der Waals surface area contributed by atoms with Gasteiger partial charge in [0.25, 0.3) is 5.91 Å². The second kappa shape index (κ2) is 8.78. The Hall–Kier alpha value is -2.33. The van der Waals surface area contributed by atoms with Crippen LogP contribution in [-0.4, -0.2) is 32.8 Å². The van der Waals surface area contributed by atoms with Gasteiger partial charge in [-0.1, -0.05) is 44.2 Å². The molecule has 1 amide bonds. The van der Waals surface area contributed by atoms with Crippen molar-refractivity contribution in [3.63, 3.8) is 0 Å². The average molecular weight is 382 g/mol. The Bertz CT molecular complexity index is 808. The first kappa shape index (κ1) is 20.4. The molecule has 0 aromatic heterocycles. The van der Waals surface area contributed by atoms with Gasteiger partial charge in [-0.3, -0.25) is 4.79 Å². The van der Waals surface area contributed by atoms with Gasteiger partial charge >= 0.3 is 0 Å². The number of rotatable bonds is 6. The molecule has 0 radical (unpaired) electrons. The van der Waals surface area contributed by atoms with Crippen LogP contribution < -0.4 is 10.1 Å². The van der Waals surface area contributed by atoms with E-state index < -0.39 is 0 Å². The molecule has 28 heavy (non-hydrogen) atoms. The van der Waals surface area contributed by atoms with Crippen molar-refractivity contribution in [2.45, 2.75) is 44.9 Å². The van der Waals surface area contributed by atoms with Gasteiger partial charge in [0.1, 0.15) is 5.75 Å². The third-order valence-corrected chi connectivity index (χ3v) is 5.87. The van der Waals surface area contributed by atoms with Crippen LogP contribution in [0.4, 0.5) is 0 Å². The Balaban J connectivity index is 1.83. The zero-order valence-corrected chi connectivity index (χ0v) is 17.4. The molecule has 0 aliphatic carbocycles. The maximum Gasteiger partial charge on any atom is 0.251 e. The number of hydrogen-bond acceptors (Lipinski definition) is 3. The lowest BCUT2D eigenvalue weighted by molar-refractivity contribution is 0.0487. The van der Waals surface area contributed by atoms with Crippen LogP contribution in [0, 0.1) is 6.92 Å². The molecule has 1 saturated heterocycles. The summed E-state index contributed by atoms with van der Waals surface area (Å²) < 4.78 is 11.1. The summed E-state index contributed by atoms with van der Waals surface area (Å²) >= 11 is 0. The summed E-state index contributed by atoms with van der Waals surface area (Å²) in [5, 5.41) is 3.22. The molecule has 0 saturated carbocycles. The molecular weight excluding hydrogens is 350 g/mol. The van der Waals surface area contributed by atoms with E-state index in [-0.39, 0.29) is 17.2 Å². The predicted molar refractivity (Wildman–Crippen MR) is 112 cm³/mol. The van der Waals surface area contributed by atoms with E-state index in [0.717, 1.165) is 48.5 Å². The minimum Gasteiger partial charge on any atom is -0.496 e. The highest BCUT2D eigenvalue weighted by atomic mass is 16.5. The number of carbonyl (C=O) groups is 1. The van der Waals surface area contributed by atoms with Crippen LogP contribution in [-0.2, 0) is 10.2 Å². The normalized spacial score (nSPS) is 16.0. The largest absolute Gasteiger partial charge is 0.496 e. The quantitative estimate of drug-likeness (QED) is 0.795. The standard InChI is InChI=1S/C24H31NO3/c1-17(2)20-15-21(18(3)14-22(20)27-4)23(26)25-16-24(10-12-28-13-11-24)19-8-6-5-7-9-19/h5-9,14-15,17H,10-13,16H2,1-4H3,(H,25,26). The monoisotopic (exact) mass is 381 g/mol. The van der Waals surface area contributed by atoms with E-state index in [1.54, 1.807) is 7.11 Å². The van der Waals surface area contributed by atoms with E-state index in [9.17, 15) is 4.79 Å². The van der Waals surface area contributed by atoms with Gasteiger partial charge in [0, 0.05) is 30.7 Å². The van der Waals surface area contributed by atoms with Gasteiger partial charge in [-0.25, -0.2) is 0 Å². The second-order valence-corrected chi connectivity index (χ2v) is 8.01. The van der Waals surface area contributed by atoms with Gasteiger partial charge in [0.15, 0.2) is 0 Å². The minimum atomic E-state index is -0.0730. The van der Waals surface area contributed by atoms with E-state index in [4.69, 9.17) is 9.47 Å². The lowest BCUT2D eigenvalue weighted by Gasteiger charge is -2.38. The molecule has 1 aliphatic rings. The van der Waals surface area contributed by atoms with Crippen molar-refractivity contribution in [1.29, 1.82) is 0 Å². The van der Waals surface area contributed by atoms with E-state index in [1.807, 2.05) is 25.1 Å².